The summed E-state index contributed by atoms with van der Waals surface area (Å²) in [6.07, 6.45) is 2.39. The zero-order valence-corrected chi connectivity index (χ0v) is 16.7. The van der Waals surface area contributed by atoms with Gasteiger partial charge in [0.2, 0.25) is 11.8 Å². The van der Waals surface area contributed by atoms with E-state index in [1.54, 1.807) is 4.90 Å². The molecule has 1 saturated heterocycles. The number of nitrogens with two attached hydrogens (primary N) is 2. The summed E-state index contributed by atoms with van der Waals surface area (Å²) < 4.78 is 0. The molecule has 10 heteroatoms. The van der Waals surface area contributed by atoms with Gasteiger partial charge < -0.3 is 32.1 Å². The van der Waals surface area contributed by atoms with Crippen molar-refractivity contribution in [3.63, 3.8) is 0 Å². The maximum absolute atomic E-state index is 13.1. The van der Waals surface area contributed by atoms with Crippen molar-refractivity contribution in [2.45, 2.75) is 50.2 Å². The van der Waals surface area contributed by atoms with Crippen molar-refractivity contribution in [2.24, 2.45) is 16.5 Å². The Bertz CT molecular complexity index is 813. The predicted molar refractivity (Wildman–Crippen MR) is 112 cm³/mol. The van der Waals surface area contributed by atoms with E-state index >= 15 is 0 Å². The first-order valence-electron chi connectivity index (χ1n) is 10.1. The number of hydrogen-bond acceptors (Lipinski definition) is 5. The van der Waals surface area contributed by atoms with E-state index in [1.807, 2.05) is 24.3 Å². The van der Waals surface area contributed by atoms with E-state index < -0.39 is 30.0 Å². The van der Waals surface area contributed by atoms with Gasteiger partial charge in [-0.15, -0.1) is 0 Å². The van der Waals surface area contributed by atoms with Crippen LogP contribution in [0.2, 0.25) is 0 Å². The van der Waals surface area contributed by atoms with Crippen LogP contribution in [0.4, 0.5) is 5.69 Å². The van der Waals surface area contributed by atoms with Gasteiger partial charge in [-0.25, -0.2) is 4.79 Å². The molecule has 0 saturated carbocycles. The number of hydrogen-bond donors (Lipinski definition) is 5. The molecule has 162 valence electrons. The van der Waals surface area contributed by atoms with Crippen LogP contribution < -0.4 is 22.1 Å². The summed E-state index contributed by atoms with van der Waals surface area (Å²) in [6.45, 7) is 0.762. The largest absolute Gasteiger partial charge is 0.480 e. The topological polar surface area (TPSA) is 163 Å². The molecular formula is C20H28N6O4. The monoisotopic (exact) mass is 416 g/mol. The Kier molecular flexibility index (Phi) is 6.76. The zero-order valence-electron chi connectivity index (χ0n) is 16.7. The summed E-state index contributed by atoms with van der Waals surface area (Å²) in [5.41, 5.74) is 12.5. The van der Waals surface area contributed by atoms with E-state index in [0.717, 1.165) is 11.3 Å². The number of nitrogens with zero attached hydrogens (tertiary/aromatic N) is 2. The molecule has 0 bridgehead atoms. The first-order chi connectivity index (χ1) is 14.4. The average Bonchev–Trinajstić information content (AvgIpc) is 3.36. The van der Waals surface area contributed by atoms with E-state index in [9.17, 15) is 19.5 Å². The number of benzene rings is 1. The number of para-hydroxylation sites is 1. The number of carboxylic acid groups (broad SMARTS) is 1. The van der Waals surface area contributed by atoms with Gasteiger partial charge in [0.25, 0.3) is 0 Å². The lowest BCUT2D eigenvalue weighted by molar-refractivity contribution is -0.144. The number of fused-ring (bicyclic) bond motifs is 1. The molecule has 0 spiro atoms. The lowest BCUT2D eigenvalue weighted by Gasteiger charge is -2.28. The first-order valence-corrected chi connectivity index (χ1v) is 10.1. The van der Waals surface area contributed by atoms with Crippen molar-refractivity contribution in [1.82, 2.24) is 10.2 Å². The minimum absolute atomic E-state index is 0.0614. The molecule has 10 nitrogen and oxygen atoms in total. The highest BCUT2D eigenvalue weighted by Crippen LogP contribution is 2.28. The minimum Gasteiger partial charge on any atom is -0.480 e. The summed E-state index contributed by atoms with van der Waals surface area (Å²) >= 11 is 0. The van der Waals surface area contributed by atoms with Gasteiger partial charge >= 0.3 is 5.97 Å². The third-order valence-electron chi connectivity index (χ3n) is 5.47. The number of aliphatic carboxylic acids is 1. The molecule has 2 aliphatic rings. The molecule has 1 aromatic carbocycles. The van der Waals surface area contributed by atoms with E-state index in [0.29, 0.717) is 32.2 Å². The predicted octanol–water partition coefficient (Wildman–Crippen LogP) is -0.363. The Morgan fingerprint density at radius 2 is 2.07 bits per heavy atom. The van der Waals surface area contributed by atoms with Crippen LogP contribution in [0.3, 0.4) is 0 Å². The van der Waals surface area contributed by atoms with Crippen molar-refractivity contribution in [2.75, 3.05) is 18.4 Å². The van der Waals surface area contributed by atoms with Gasteiger partial charge in [-0.1, -0.05) is 18.2 Å². The third-order valence-corrected chi connectivity index (χ3v) is 5.47. The van der Waals surface area contributed by atoms with Gasteiger partial charge in [-0.3, -0.25) is 14.6 Å². The molecule has 0 radical (unpaired) electrons. The molecule has 1 aromatic rings. The standard InChI is InChI=1S/C20H28N6O4/c21-20(22)23-9-3-7-14(19(29)30)25-17(27)16-8-4-10-26(16)18(28)15-11-12-5-1-2-6-13(12)24-15/h1-2,5-6,14-16,24H,3-4,7-11H2,(H,25,27)(H,29,30)(H4,21,22,23)/t14-,15+,16-/m0/s1. The average molecular weight is 416 g/mol. The smallest absolute Gasteiger partial charge is 0.326 e. The molecular weight excluding hydrogens is 388 g/mol. The highest BCUT2D eigenvalue weighted by atomic mass is 16.4. The van der Waals surface area contributed by atoms with Crippen LogP contribution in [0.1, 0.15) is 31.2 Å². The molecule has 0 aromatic heterocycles. The van der Waals surface area contributed by atoms with Crippen molar-refractivity contribution in [3.05, 3.63) is 29.8 Å². The molecule has 3 atom stereocenters. The maximum atomic E-state index is 13.1. The second-order valence-corrected chi connectivity index (χ2v) is 7.60. The van der Waals surface area contributed by atoms with Gasteiger partial charge in [-0.2, -0.15) is 0 Å². The third kappa shape index (κ3) is 5.00. The van der Waals surface area contributed by atoms with E-state index in [-0.39, 0.29) is 24.8 Å². The van der Waals surface area contributed by atoms with Crippen LogP contribution in [0, 0.1) is 0 Å². The Labute approximate surface area is 174 Å². The quantitative estimate of drug-likeness (QED) is 0.219. The van der Waals surface area contributed by atoms with E-state index in [2.05, 4.69) is 15.6 Å². The van der Waals surface area contributed by atoms with Crippen LogP contribution in [0.5, 0.6) is 0 Å². The summed E-state index contributed by atoms with van der Waals surface area (Å²) in [5.74, 6) is -1.76. The fourth-order valence-corrected chi connectivity index (χ4v) is 3.98. The molecule has 3 rings (SSSR count). The Morgan fingerprint density at radius 3 is 2.77 bits per heavy atom. The highest BCUT2D eigenvalue weighted by Gasteiger charge is 2.39. The number of carboxylic acids is 1. The highest BCUT2D eigenvalue weighted by molar-refractivity contribution is 5.94. The Hall–Kier alpha value is -3.30. The summed E-state index contributed by atoms with van der Waals surface area (Å²) in [7, 11) is 0. The molecule has 0 aliphatic carbocycles. The molecule has 2 heterocycles. The van der Waals surface area contributed by atoms with Crippen LogP contribution in [-0.4, -0.2) is 65.0 Å². The molecule has 30 heavy (non-hydrogen) atoms. The van der Waals surface area contributed by atoms with Gasteiger partial charge in [-0.05, 0) is 37.3 Å². The molecule has 0 unspecified atom stereocenters. The number of rotatable bonds is 8. The van der Waals surface area contributed by atoms with Crippen LogP contribution in [0.15, 0.2) is 29.3 Å². The lowest BCUT2D eigenvalue weighted by atomic mass is 10.1. The first kappa shape index (κ1) is 21.4. The second kappa shape index (κ2) is 9.47. The number of aliphatic imine (C=N–C) groups is 1. The van der Waals surface area contributed by atoms with Gasteiger partial charge in [0.05, 0.1) is 0 Å². The molecule has 1 fully saturated rings. The van der Waals surface area contributed by atoms with Crippen molar-refractivity contribution >= 4 is 29.4 Å². The minimum atomic E-state index is -1.13. The van der Waals surface area contributed by atoms with E-state index in [4.69, 9.17) is 11.5 Å². The SMILES string of the molecule is NC(N)=NCCC[C@H](NC(=O)[C@@H]1CCCN1C(=O)[C@H]1Cc2ccccc2N1)C(=O)O. The number of guanidine groups is 1. The van der Waals surface area contributed by atoms with Crippen LogP contribution >= 0.6 is 0 Å². The van der Waals surface area contributed by atoms with Crippen LogP contribution in [0.25, 0.3) is 0 Å². The maximum Gasteiger partial charge on any atom is 0.326 e. The fraction of sp³-hybridized carbons (Fsp3) is 0.500. The number of carbonyl (C=O) groups is 3. The van der Waals surface area contributed by atoms with Gasteiger partial charge in [0.1, 0.15) is 18.1 Å². The zero-order chi connectivity index (χ0) is 21.7. The number of nitrogens with one attached hydrogen (secondary N) is 2. The van der Waals surface area contributed by atoms with Gasteiger partial charge in [0, 0.05) is 25.2 Å². The van der Waals surface area contributed by atoms with Crippen molar-refractivity contribution < 1.29 is 19.5 Å². The fourth-order valence-electron chi connectivity index (χ4n) is 3.98. The van der Waals surface area contributed by atoms with Crippen LogP contribution in [-0.2, 0) is 20.8 Å². The van der Waals surface area contributed by atoms with Crippen molar-refractivity contribution in [1.29, 1.82) is 0 Å². The Balaban J connectivity index is 1.58. The number of likely N-dealkylation sites (tertiary alicyclic amines) is 1. The Morgan fingerprint density at radius 1 is 1.30 bits per heavy atom. The number of anilines is 1. The van der Waals surface area contributed by atoms with Gasteiger partial charge in [0.15, 0.2) is 5.96 Å². The number of carbonyl (C=O) groups excluding carboxylic acids is 2. The molecule has 2 aliphatic heterocycles. The summed E-state index contributed by atoms with van der Waals surface area (Å²) in [5, 5.41) is 15.2. The lowest BCUT2D eigenvalue weighted by Crippen LogP contribution is -2.53. The second-order valence-electron chi connectivity index (χ2n) is 7.60. The summed E-state index contributed by atoms with van der Waals surface area (Å²) in [4.78, 5) is 42.8. The molecule has 7 N–H and O–H groups in total. The molecule has 2 amide bonds. The summed E-state index contributed by atoms with van der Waals surface area (Å²) in [6, 6.07) is 5.61. The number of amides is 2. The normalized spacial score (nSPS) is 20.7. The van der Waals surface area contributed by atoms with E-state index in [1.165, 1.54) is 0 Å². The van der Waals surface area contributed by atoms with Crippen molar-refractivity contribution in [3.8, 4) is 0 Å².